The van der Waals surface area contributed by atoms with Gasteiger partial charge in [-0.1, -0.05) is 0 Å². The highest BCUT2D eigenvalue weighted by atomic mass is 79.9. The number of ether oxygens (including phenoxy) is 1. The quantitative estimate of drug-likeness (QED) is 0.295. The summed E-state index contributed by atoms with van der Waals surface area (Å²) in [6.07, 6.45) is 1.48. The van der Waals surface area contributed by atoms with Crippen LogP contribution in [0.2, 0.25) is 0 Å². The summed E-state index contributed by atoms with van der Waals surface area (Å²) in [6, 6.07) is 2.81. The lowest BCUT2D eigenvalue weighted by Gasteiger charge is -2.13. The minimum Gasteiger partial charge on any atom is -0.460 e. The van der Waals surface area contributed by atoms with Crippen molar-refractivity contribution in [2.45, 2.75) is 20.8 Å². The molecule has 0 radical (unpaired) electrons. The molecular formula is C13H12Br2FNO2. The largest absolute Gasteiger partial charge is 0.460 e. The molecule has 0 amide bonds. The topological polar surface area (TPSA) is 38.7 Å². The monoisotopic (exact) mass is 391 g/mol. The lowest BCUT2D eigenvalue weighted by atomic mass is 10.1. The first-order valence-corrected chi connectivity index (χ1v) is 6.95. The van der Waals surface area contributed by atoms with E-state index in [0.717, 1.165) is 0 Å². The SMILES string of the molecule is C/C(Oc1c(C)cc(F)cc1C)=C(Br)\C=C(\Br)N=O. The van der Waals surface area contributed by atoms with Crippen molar-refractivity contribution in [2.75, 3.05) is 0 Å². The van der Waals surface area contributed by atoms with Crippen LogP contribution in [-0.4, -0.2) is 0 Å². The summed E-state index contributed by atoms with van der Waals surface area (Å²) in [7, 11) is 0. The Kier molecular flexibility index (Phi) is 5.87. The maximum absolute atomic E-state index is 13.2. The fourth-order valence-electron chi connectivity index (χ4n) is 1.49. The zero-order valence-corrected chi connectivity index (χ0v) is 13.8. The zero-order valence-electron chi connectivity index (χ0n) is 10.6. The maximum atomic E-state index is 13.2. The molecule has 6 heteroatoms. The maximum Gasteiger partial charge on any atom is 0.151 e. The molecule has 1 aromatic rings. The summed E-state index contributed by atoms with van der Waals surface area (Å²) in [5, 5.41) is 2.72. The van der Waals surface area contributed by atoms with Crippen LogP contribution in [0.15, 0.2) is 38.2 Å². The number of nitroso groups, excluding NO2 is 1. The molecule has 0 N–H and O–H groups in total. The summed E-state index contributed by atoms with van der Waals surface area (Å²) in [6.45, 7) is 5.27. The van der Waals surface area contributed by atoms with Gasteiger partial charge in [-0.15, -0.1) is 4.91 Å². The van der Waals surface area contributed by atoms with E-state index in [2.05, 4.69) is 37.0 Å². The van der Waals surface area contributed by atoms with Crippen LogP contribution < -0.4 is 4.74 Å². The van der Waals surface area contributed by atoms with Gasteiger partial charge < -0.3 is 4.74 Å². The number of halogens is 3. The van der Waals surface area contributed by atoms with Crippen LogP contribution in [0.1, 0.15) is 18.1 Å². The van der Waals surface area contributed by atoms with E-state index in [9.17, 15) is 9.30 Å². The average molecular weight is 393 g/mol. The highest BCUT2D eigenvalue weighted by Gasteiger charge is 2.09. The molecular weight excluding hydrogens is 381 g/mol. The Balaban J connectivity index is 3.09. The van der Waals surface area contributed by atoms with E-state index < -0.39 is 0 Å². The number of benzene rings is 1. The van der Waals surface area contributed by atoms with E-state index in [-0.39, 0.29) is 10.4 Å². The van der Waals surface area contributed by atoms with E-state index in [1.54, 1.807) is 20.8 Å². The second-order valence-corrected chi connectivity index (χ2v) is 5.60. The van der Waals surface area contributed by atoms with Crippen molar-refractivity contribution in [3.63, 3.8) is 0 Å². The van der Waals surface area contributed by atoms with Gasteiger partial charge in [0.25, 0.3) is 0 Å². The Morgan fingerprint density at radius 2 is 1.84 bits per heavy atom. The molecule has 0 aliphatic heterocycles. The summed E-state index contributed by atoms with van der Waals surface area (Å²) in [5.41, 5.74) is 1.41. The van der Waals surface area contributed by atoms with Gasteiger partial charge in [0.05, 0.1) is 4.48 Å². The molecule has 0 aromatic heterocycles. The second-order valence-electron chi connectivity index (χ2n) is 3.93. The second kappa shape index (κ2) is 6.96. The Labute approximate surface area is 127 Å². The third kappa shape index (κ3) is 4.54. The van der Waals surface area contributed by atoms with Gasteiger partial charge in [-0.3, -0.25) is 0 Å². The summed E-state index contributed by atoms with van der Waals surface area (Å²) >= 11 is 6.26. The molecule has 0 saturated heterocycles. The van der Waals surface area contributed by atoms with Crippen molar-refractivity contribution in [3.8, 4) is 5.75 Å². The number of nitrogens with zero attached hydrogens (tertiary/aromatic N) is 1. The fraction of sp³-hybridized carbons (Fsp3) is 0.231. The molecule has 0 bridgehead atoms. The van der Waals surface area contributed by atoms with Crippen molar-refractivity contribution < 1.29 is 9.13 Å². The van der Waals surface area contributed by atoms with Gasteiger partial charge in [0.2, 0.25) is 0 Å². The molecule has 0 aliphatic carbocycles. The molecule has 0 spiro atoms. The van der Waals surface area contributed by atoms with Gasteiger partial charge in [-0.05, 0) is 87.1 Å². The van der Waals surface area contributed by atoms with Crippen molar-refractivity contribution in [1.29, 1.82) is 0 Å². The first kappa shape index (κ1) is 16.0. The molecule has 1 aromatic carbocycles. The van der Waals surface area contributed by atoms with Crippen LogP contribution in [0.25, 0.3) is 0 Å². The van der Waals surface area contributed by atoms with E-state index in [0.29, 0.717) is 27.1 Å². The third-order valence-corrected chi connectivity index (χ3v) is 3.51. The Morgan fingerprint density at radius 3 is 2.32 bits per heavy atom. The average Bonchev–Trinajstić information content (AvgIpc) is 2.32. The van der Waals surface area contributed by atoms with Gasteiger partial charge >= 0.3 is 0 Å². The van der Waals surface area contributed by atoms with Crippen LogP contribution in [0.3, 0.4) is 0 Å². The smallest absolute Gasteiger partial charge is 0.151 e. The van der Waals surface area contributed by atoms with Gasteiger partial charge in [0, 0.05) is 0 Å². The lowest BCUT2D eigenvalue weighted by molar-refractivity contribution is 0.419. The van der Waals surface area contributed by atoms with E-state index in [1.165, 1.54) is 18.2 Å². The van der Waals surface area contributed by atoms with Crippen LogP contribution in [0.5, 0.6) is 5.75 Å². The standard InChI is InChI=1S/C13H12Br2FNO2/c1-7-4-10(16)5-8(2)13(7)19-9(3)11(14)6-12(15)17-18/h4-6H,1-3H3/b11-9-,12-6-. The summed E-state index contributed by atoms with van der Waals surface area (Å²) in [4.78, 5) is 10.3. The van der Waals surface area contributed by atoms with Crippen LogP contribution in [0.4, 0.5) is 4.39 Å². The van der Waals surface area contributed by atoms with Crippen molar-refractivity contribution in [1.82, 2.24) is 0 Å². The minimum absolute atomic E-state index is 0.148. The van der Waals surface area contributed by atoms with E-state index in [4.69, 9.17) is 4.74 Å². The molecule has 0 saturated carbocycles. The first-order chi connectivity index (χ1) is 8.85. The van der Waals surface area contributed by atoms with Crippen molar-refractivity contribution >= 4 is 31.9 Å². The molecule has 0 atom stereocenters. The predicted octanol–water partition coefficient (Wildman–Crippen LogP) is 5.45. The zero-order chi connectivity index (χ0) is 14.6. The molecule has 0 aliphatic rings. The molecule has 102 valence electrons. The van der Waals surface area contributed by atoms with E-state index in [1.807, 2.05) is 0 Å². The molecule has 0 heterocycles. The highest BCUT2D eigenvalue weighted by Crippen LogP contribution is 2.28. The summed E-state index contributed by atoms with van der Waals surface area (Å²) in [5.74, 6) is 0.841. The Morgan fingerprint density at radius 1 is 1.32 bits per heavy atom. The molecule has 3 nitrogen and oxygen atoms in total. The van der Waals surface area contributed by atoms with Crippen LogP contribution in [0, 0.1) is 24.6 Å². The van der Waals surface area contributed by atoms with Crippen molar-refractivity contribution in [2.24, 2.45) is 5.18 Å². The Bertz CT molecular complexity index is 545. The first-order valence-electron chi connectivity index (χ1n) is 5.36. The normalized spacial score (nSPS) is 13.1. The Hall–Kier alpha value is -1.01. The number of hydrogen-bond acceptors (Lipinski definition) is 3. The van der Waals surface area contributed by atoms with Gasteiger partial charge in [0.15, 0.2) is 4.61 Å². The fourth-order valence-corrected chi connectivity index (χ4v) is 2.33. The minimum atomic E-state index is -0.296. The lowest BCUT2D eigenvalue weighted by Crippen LogP contribution is -1.98. The van der Waals surface area contributed by atoms with Gasteiger partial charge in [-0.2, -0.15) is 0 Å². The number of aryl methyl sites for hydroxylation is 2. The third-order valence-electron chi connectivity index (χ3n) is 2.35. The number of rotatable bonds is 4. The molecule has 0 unspecified atom stereocenters. The van der Waals surface area contributed by atoms with Crippen LogP contribution >= 0.6 is 31.9 Å². The summed E-state index contributed by atoms with van der Waals surface area (Å²) < 4.78 is 19.6. The molecule has 0 fully saturated rings. The molecule has 19 heavy (non-hydrogen) atoms. The number of allylic oxidation sites excluding steroid dienone is 3. The predicted molar refractivity (Wildman–Crippen MR) is 80.9 cm³/mol. The van der Waals surface area contributed by atoms with Crippen LogP contribution in [-0.2, 0) is 0 Å². The highest BCUT2D eigenvalue weighted by molar-refractivity contribution is 9.12. The van der Waals surface area contributed by atoms with E-state index >= 15 is 0 Å². The molecule has 1 rings (SSSR count). The van der Waals surface area contributed by atoms with Gasteiger partial charge in [-0.25, -0.2) is 4.39 Å². The van der Waals surface area contributed by atoms with Gasteiger partial charge in [0.1, 0.15) is 17.3 Å². The van der Waals surface area contributed by atoms with Crippen molar-refractivity contribution in [3.05, 3.63) is 54.9 Å². The number of hydrogen-bond donors (Lipinski definition) is 0.